The molecule has 0 bridgehead atoms. The van der Waals surface area contributed by atoms with E-state index < -0.39 is 0 Å². The van der Waals surface area contributed by atoms with Crippen LogP contribution in [0.4, 0.5) is 5.69 Å². The van der Waals surface area contributed by atoms with Crippen LogP contribution in [-0.4, -0.2) is 7.05 Å². The molecule has 0 atom stereocenters. The number of hydrogen-bond donors (Lipinski definition) is 0. The van der Waals surface area contributed by atoms with Crippen molar-refractivity contribution in [2.24, 2.45) is 0 Å². The van der Waals surface area contributed by atoms with Gasteiger partial charge in [0, 0.05) is 18.8 Å². The van der Waals surface area contributed by atoms with Gasteiger partial charge in [0.2, 0.25) is 0 Å². The first kappa shape index (κ1) is 8.58. The molecule has 1 aromatic carbocycles. The Morgan fingerprint density at radius 3 is 2.86 bits per heavy atom. The van der Waals surface area contributed by atoms with Crippen molar-refractivity contribution in [2.75, 3.05) is 11.9 Å². The predicted octanol–water partition coefficient (Wildman–Crippen LogP) is 2.56. The highest BCUT2D eigenvalue weighted by molar-refractivity contribution is 5.76. The van der Waals surface area contributed by atoms with Crippen LogP contribution in [0.3, 0.4) is 0 Å². The van der Waals surface area contributed by atoms with E-state index in [1.165, 1.54) is 5.56 Å². The fourth-order valence-electron chi connectivity index (χ4n) is 1.57. The monoisotopic (exact) mass is 182 g/mol. The largest absolute Gasteiger partial charge is 0.344 e. The Morgan fingerprint density at radius 2 is 2.07 bits per heavy atom. The SMILES string of the molecule is CN1/C(=C/C#N)C=Cc2ccccc21. The topological polar surface area (TPSA) is 27.0 Å². The maximum atomic E-state index is 8.60. The molecule has 0 unspecified atom stereocenters. The van der Waals surface area contributed by atoms with Gasteiger partial charge in [-0.25, -0.2) is 0 Å². The van der Waals surface area contributed by atoms with Gasteiger partial charge >= 0.3 is 0 Å². The number of hydrogen-bond acceptors (Lipinski definition) is 2. The Morgan fingerprint density at radius 1 is 1.29 bits per heavy atom. The van der Waals surface area contributed by atoms with Crippen LogP contribution in [0, 0.1) is 11.3 Å². The minimum absolute atomic E-state index is 0.922. The average Bonchev–Trinajstić information content (AvgIpc) is 2.23. The van der Waals surface area contributed by atoms with Crippen LogP contribution in [0.2, 0.25) is 0 Å². The van der Waals surface area contributed by atoms with E-state index in [2.05, 4.69) is 6.07 Å². The van der Waals surface area contributed by atoms with Gasteiger partial charge < -0.3 is 4.90 Å². The standard InChI is InChI=1S/C12H10N2/c1-14-11(8-9-13)7-6-10-4-2-3-5-12(10)14/h2-8H,1H3/b11-8+. The lowest BCUT2D eigenvalue weighted by Crippen LogP contribution is -2.18. The third kappa shape index (κ3) is 1.29. The number of fused-ring (bicyclic) bond motifs is 1. The van der Waals surface area contributed by atoms with Gasteiger partial charge in [-0.1, -0.05) is 24.3 Å². The average molecular weight is 182 g/mol. The number of nitriles is 1. The summed E-state index contributed by atoms with van der Waals surface area (Å²) in [5.74, 6) is 0. The molecule has 1 aliphatic heterocycles. The van der Waals surface area contributed by atoms with Crippen molar-refractivity contribution in [3.63, 3.8) is 0 Å². The molecule has 68 valence electrons. The van der Waals surface area contributed by atoms with E-state index >= 15 is 0 Å². The van der Waals surface area contributed by atoms with Gasteiger partial charge in [0.1, 0.15) is 0 Å². The molecule has 0 radical (unpaired) electrons. The first-order valence-corrected chi connectivity index (χ1v) is 4.43. The van der Waals surface area contributed by atoms with Crippen molar-refractivity contribution in [2.45, 2.75) is 0 Å². The maximum Gasteiger partial charge on any atom is 0.0933 e. The summed E-state index contributed by atoms with van der Waals surface area (Å²) in [6.07, 6.45) is 5.52. The Hall–Kier alpha value is -2.01. The van der Waals surface area contributed by atoms with Crippen molar-refractivity contribution in [1.29, 1.82) is 5.26 Å². The fraction of sp³-hybridized carbons (Fsp3) is 0.0833. The molecule has 0 aromatic heterocycles. The predicted molar refractivity (Wildman–Crippen MR) is 57.6 cm³/mol. The summed E-state index contributed by atoms with van der Waals surface area (Å²) in [7, 11) is 1.96. The Labute approximate surface area is 83.4 Å². The molecule has 0 saturated carbocycles. The van der Waals surface area contributed by atoms with Crippen molar-refractivity contribution in [3.8, 4) is 6.07 Å². The summed E-state index contributed by atoms with van der Waals surface area (Å²) in [6.45, 7) is 0. The van der Waals surface area contributed by atoms with Crippen LogP contribution < -0.4 is 4.90 Å². The van der Waals surface area contributed by atoms with Gasteiger partial charge in [-0.05, 0) is 17.7 Å². The lowest BCUT2D eigenvalue weighted by atomic mass is 10.1. The lowest BCUT2D eigenvalue weighted by Gasteiger charge is -2.25. The molecule has 2 rings (SSSR count). The van der Waals surface area contributed by atoms with Crippen LogP contribution in [0.5, 0.6) is 0 Å². The van der Waals surface area contributed by atoms with Crippen molar-refractivity contribution in [3.05, 3.63) is 47.7 Å². The van der Waals surface area contributed by atoms with Crippen LogP contribution in [-0.2, 0) is 0 Å². The molecule has 0 fully saturated rings. The second kappa shape index (κ2) is 3.39. The highest BCUT2D eigenvalue weighted by Gasteiger charge is 2.11. The van der Waals surface area contributed by atoms with Crippen molar-refractivity contribution < 1.29 is 0 Å². The molecule has 2 nitrogen and oxygen atoms in total. The molecular formula is C12H10N2. The van der Waals surface area contributed by atoms with E-state index in [9.17, 15) is 0 Å². The van der Waals surface area contributed by atoms with Crippen molar-refractivity contribution in [1.82, 2.24) is 0 Å². The highest BCUT2D eigenvalue weighted by atomic mass is 15.1. The molecule has 0 spiro atoms. The van der Waals surface area contributed by atoms with E-state index in [1.807, 2.05) is 48.4 Å². The van der Waals surface area contributed by atoms with Gasteiger partial charge in [0.25, 0.3) is 0 Å². The van der Waals surface area contributed by atoms with Crippen LogP contribution >= 0.6 is 0 Å². The van der Waals surface area contributed by atoms with Crippen LogP contribution in [0.15, 0.2) is 42.1 Å². The zero-order valence-electron chi connectivity index (χ0n) is 7.94. The minimum Gasteiger partial charge on any atom is -0.344 e. The molecular weight excluding hydrogens is 172 g/mol. The molecule has 1 aliphatic rings. The van der Waals surface area contributed by atoms with E-state index in [0.717, 1.165) is 11.4 Å². The second-order valence-corrected chi connectivity index (χ2v) is 3.15. The van der Waals surface area contributed by atoms with Gasteiger partial charge in [-0.2, -0.15) is 5.26 Å². The molecule has 0 saturated heterocycles. The first-order valence-electron chi connectivity index (χ1n) is 4.43. The molecule has 0 amide bonds. The molecule has 14 heavy (non-hydrogen) atoms. The Bertz CT molecular complexity index is 450. The maximum absolute atomic E-state index is 8.60. The summed E-state index contributed by atoms with van der Waals surface area (Å²) >= 11 is 0. The first-order chi connectivity index (χ1) is 6.83. The van der Waals surface area contributed by atoms with Crippen LogP contribution in [0.1, 0.15) is 5.56 Å². The molecule has 0 aliphatic carbocycles. The number of nitrogens with zero attached hydrogens (tertiary/aromatic N) is 2. The number of rotatable bonds is 0. The number of benzene rings is 1. The van der Waals surface area contributed by atoms with Gasteiger partial charge in [0.15, 0.2) is 0 Å². The zero-order chi connectivity index (χ0) is 9.97. The summed E-state index contributed by atoms with van der Waals surface area (Å²) < 4.78 is 0. The summed E-state index contributed by atoms with van der Waals surface area (Å²) in [5, 5.41) is 8.60. The second-order valence-electron chi connectivity index (χ2n) is 3.15. The molecule has 1 heterocycles. The van der Waals surface area contributed by atoms with Gasteiger partial charge in [-0.3, -0.25) is 0 Å². The quantitative estimate of drug-likeness (QED) is 0.576. The van der Waals surface area contributed by atoms with E-state index in [1.54, 1.807) is 6.08 Å². The third-order valence-corrected chi connectivity index (χ3v) is 2.33. The number of likely N-dealkylation sites (N-methyl/N-ethyl adjacent to an activating group) is 1. The fourth-order valence-corrected chi connectivity index (χ4v) is 1.57. The van der Waals surface area contributed by atoms with Crippen molar-refractivity contribution >= 4 is 11.8 Å². The normalized spacial score (nSPS) is 16.6. The molecule has 1 aromatic rings. The third-order valence-electron chi connectivity index (χ3n) is 2.33. The van der Waals surface area contributed by atoms with E-state index in [-0.39, 0.29) is 0 Å². The summed E-state index contributed by atoms with van der Waals surface area (Å²) in [5.41, 5.74) is 3.24. The van der Waals surface area contributed by atoms with E-state index in [4.69, 9.17) is 5.26 Å². The number of allylic oxidation sites excluding steroid dienone is 2. The van der Waals surface area contributed by atoms with Crippen LogP contribution in [0.25, 0.3) is 6.08 Å². The summed E-state index contributed by atoms with van der Waals surface area (Å²) in [6, 6.07) is 10.2. The molecule has 0 N–H and O–H groups in total. The highest BCUT2D eigenvalue weighted by Crippen LogP contribution is 2.28. The van der Waals surface area contributed by atoms with Gasteiger partial charge in [0.05, 0.1) is 11.8 Å². The smallest absolute Gasteiger partial charge is 0.0933 e. The van der Waals surface area contributed by atoms with Gasteiger partial charge in [-0.15, -0.1) is 0 Å². The zero-order valence-corrected chi connectivity index (χ0v) is 7.94. The lowest BCUT2D eigenvalue weighted by molar-refractivity contribution is 1.12. The minimum atomic E-state index is 0.922. The Kier molecular flexibility index (Phi) is 2.08. The number of anilines is 1. The van der Waals surface area contributed by atoms with E-state index in [0.29, 0.717) is 0 Å². The Balaban J connectivity index is 2.51. The summed E-state index contributed by atoms with van der Waals surface area (Å²) in [4.78, 5) is 2.01. The molecule has 2 heteroatoms. The number of para-hydroxylation sites is 1.